The van der Waals surface area contributed by atoms with Gasteiger partial charge in [0.2, 0.25) is 0 Å². The first-order chi connectivity index (χ1) is 8.46. The molecule has 0 aromatic carbocycles. The molecule has 0 bridgehead atoms. The molecular formula is C11H20N4O2S. The van der Waals surface area contributed by atoms with Gasteiger partial charge in [-0.2, -0.15) is 4.31 Å². The van der Waals surface area contributed by atoms with E-state index in [0.29, 0.717) is 19.0 Å². The van der Waals surface area contributed by atoms with Crippen LogP contribution in [0.4, 0.5) is 5.82 Å². The van der Waals surface area contributed by atoms with Gasteiger partial charge in [-0.1, -0.05) is 13.3 Å². The smallest absolute Gasteiger partial charge is 0.262 e. The molecule has 1 fully saturated rings. The predicted molar refractivity (Wildman–Crippen MR) is 69.4 cm³/mol. The third-order valence-corrected chi connectivity index (χ3v) is 5.68. The fourth-order valence-corrected chi connectivity index (χ4v) is 4.10. The van der Waals surface area contributed by atoms with Crippen LogP contribution in [0.3, 0.4) is 0 Å². The number of hydrogen-bond acceptors (Lipinski definition) is 4. The molecule has 1 aromatic heterocycles. The highest BCUT2D eigenvalue weighted by Gasteiger charge is 2.32. The first kappa shape index (κ1) is 13.4. The van der Waals surface area contributed by atoms with Gasteiger partial charge < -0.3 is 10.3 Å². The molecule has 102 valence electrons. The zero-order chi connectivity index (χ0) is 13.3. The highest BCUT2D eigenvalue weighted by atomic mass is 32.2. The topological polar surface area (TPSA) is 81.2 Å². The van der Waals surface area contributed by atoms with Crippen molar-refractivity contribution in [3.05, 3.63) is 6.33 Å². The summed E-state index contributed by atoms with van der Waals surface area (Å²) in [6.45, 7) is 3.30. The van der Waals surface area contributed by atoms with E-state index in [9.17, 15) is 8.42 Å². The minimum Gasteiger partial charge on any atom is -0.381 e. The monoisotopic (exact) mass is 272 g/mol. The second kappa shape index (κ2) is 4.89. The van der Waals surface area contributed by atoms with Crippen LogP contribution < -0.4 is 5.73 Å². The van der Waals surface area contributed by atoms with Gasteiger partial charge in [0.15, 0.2) is 10.8 Å². The summed E-state index contributed by atoms with van der Waals surface area (Å²) in [6.07, 6.45) is 4.39. The van der Waals surface area contributed by atoms with Crippen molar-refractivity contribution in [3.63, 3.8) is 0 Å². The number of rotatable bonds is 3. The Labute approximate surface area is 108 Å². The van der Waals surface area contributed by atoms with Crippen molar-refractivity contribution in [2.45, 2.75) is 31.2 Å². The highest BCUT2D eigenvalue weighted by molar-refractivity contribution is 7.89. The predicted octanol–water partition coefficient (Wildman–Crippen LogP) is 0.813. The van der Waals surface area contributed by atoms with E-state index >= 15 is 0 Å². The number of nitrogen functional groups attached to an aromatic ring is 1. The second-order valence-corrected chi connectivity index (χ2v) is 6.65. The summed E-state index contributed by atoms with van der Waals surface area (Å²) in [5, 5.41) is 0.109. The minimum atomic E-state index is -3.50. The maximum absolute atomic E-state index is 12.5. The molecule has 0 amide bonds. The number of aromatic nitrogens is 2. The Bertz CT molecular complexity index is 496. The fraction of sp³-hybridized carbons (Fsp3) is 0.727. The van der Waals surface area contributed by atoms with E-state index in [1.807, 2.05) is 0 Å². The Morgan fingerprint density at radius 3 is 2.50 bits per heavy atom. The molecule has 0 radical (unpaired) electrons. The summed E-state index contributed by atoms with van der Waals surface area (Å²) >= 11 is 0. The molecule has 0 atom stereocenters. The molecule has 1 saturated heterocycles. The Morgan fingerprint density at radius 1 is 1.44 bits per heavy atom. The number of imidazole rings is 1. The van der Waals surface area contributed by atoms with Crippen LogP contribution in [0.15, 0.2) is 11.4 Å². The van der Waals surface area contributed by atoms with Crippen molar-refractivity contribution >= 4 is 15.8 Å². The molecule has 0 aliphatic carbocycles. The SMILES string of the molecule is CCC1CCN(S(=O)(=O)c2c(N)ncn2C)CC1. The Morgan fingerprint density at radius 2 is 2.06 bits per heavy atom. The summed E-state index contributed by atoms with van der Waals surface area (Å²) in [6, 6.07) is 0. The Kier molecular flexibility index (Phi) is 3.63. The molecule has 2 heterocycles. The molecule has 6 nitrogen and oxygen atoms in total. The minimum absolute atomic E-state index is 0.0788. The summed E-state index contributed by atoms with van der Waals surface area (Å²) in [5.74, 6) is 0.718. The van der Waals surface area contributed by atoms with Crippen LogP contribution in [0.2, 0.25) is 0 Å². The van der Waals surface area contributed by atoms with E-state index in [2.05, 4.69) is 11.9 Å². The van der Waals surface area contributed by atoms with Crippen molar-refractivity contribution in [3.8, 4) is 0 Å². The number of hydrogen-bond donors (Lipinski definition) is 1. The molecule has 0 saturated carbocycles. The summed E-state index contributed by atoms with van der Waals surface area (Å²) in [4.78, 5) is 3.84. The number of aryl methyl sites for hydroxylation is 1. The van der Waals surface area contributed by atoms with Gasteiger partial charge >= 0.3 is 0 Å². The van der Waals surface area contributed by atoms with Gasteiger partial charge in [0.25, 0.3) is 10.0 Å². The summed E-state index contributed by atoms with van der Waals surface area (Å²) in [5.41, 5.74) is 5.65. The zero-order valence-corrected chi connectivity index (χ0v) is 11.7. The molecular weight excluding hydrogens is 252 g/mol. The Hall–Kier alpha value is -1.08. The number of nitrogens with two attached hydrogens (primary N) is 1. The Balaban J connectivity index is 2.23. The van der Waals surface area contributed by atoms with Crippen LogP contribution in [0.1, 0.15) is 26.2 Å². The molecule has 1 aliphatic heterocycles. The first-order valence-electron chi connectivity index (χ1n) is 6.23. The quantitative estimate of drug-likeness (QED) is 0.883. The molecule has 18 heavy (non-hydrogen) atoms. The van der Waals surface area contributed by atoms with Crippen LogP contribution in [0, 0.1) is 5.92 Å². The van der Waals surface area contributed by atoms with Crippen molar-refractivity contribution in [1.82, 2.24) is 13.9 Å². The molecule has 2 rings (SSSR count). The summed E-state index contributed by atoms with van der Waals surface area (Å²) in [7, 11) is -1.86. The van der Waals surface area contributed by atoms with Crippen LogP contribution in [-0.2, 0) is 17.1 Å². The van der Waals surface area contributed by atoms with E-state index in [-0.39, 0.29) is 10.8 Å². The van der Waals surface area contributed by atoms with Crippen molar-refractivity contribution in [2.75, 3.05) is 18.8 Å². The van der Waals surface area contributed by atoms with Crippen molar-refractivity contribution in [2.24, 2.45) is 13.0 Å². The van der Waals surface area contributed by atoms with Gasteiger partial charge in [-0.3, -0.25) is 0 Å². The summed E-state index contributed by atoms with van der Waals surface area (Å²) < 4.78 is 27.9. The van der Waals surface area contributed by atoms with Gasteiger partial charge in [0, 0.05) is 20.1 Å². The van der Waals surface area contributed by atoms with Crippen LogP contribution in [-0.4, -0.2) is 35.4 Å². The fourth-order valence-electron chi connectivity index (χ4n) is 2.43. The van der Waals surface area contributed by atoms with Crippen molar-refractivity contribution < 1.29 is 8.42 Å². The number of anilines is 1. The molecule has 1 aromatic rings. The van der Waals surface area contributed by atoms with E-state index in [1.165, 1.54) is 15.2 Å². The zero-order valence-electron chi connectivity index (χ0n) is 10.8. The van der Waals surface area contributed by atoms with Crippen molar-refractivity contribution in [1.29, 1.82) is 0 Å². The molecule has 7 heteroatoms. The lowest BCUT2D eigenvalue weighted by Crippen LogP contribution is -2.39. The highest BCUT2D eigenvalue weighted by Crippen LogP contribution is 2.27. The van der Waals surface area contributed by atoms with Gasteiger partial charge in [-0.05, 0) is 18.8 Å². The van der Waals surface area contributed by atoms with E-state index in [0.717, 1.165) is 19.3 Å². The van der Waals surface area contributed by atoms with E-state index in [4.69, 9.17) is 5.73 Å². The van der Waals surface area contributed by atoms with Crippen LogP contribution >= 0.6 is 0 Å². The third-order valence-electron chi connectivity index (χ3n) is 3.64. The third kappa shape index (κ3) is 2.24. The van der Waals surface area contributed by atoms with Crippen LogP contribution in [0.25, 0.3) is 0 Å². The molecule has 0 unspecified atom stereocenters. The average molecular weight is 272 g/mol. The lowest BCUT2D eigenvalue weighted by atomic mass is 9.96. The average Bonchev–Trinajstić information content (AvgIpc) is 2.69. The first-order valence-corrected chi connectivity index (χ1v) is 7.67. The maximum atomic E-state index is 12.5. The number of nitrogens with zero attached hydrogens (tertiary/aromatic N) is 3. The van der Waals surface area contributed by atoms with Crippen LogP contribution in [0.5, 0.6) is 0 Å². The van der Waals surface area contributed by atoms with E-state index in [1.54, 1.807) is 7.05 Å². The standard InChI is InChI=1S/C11H20N4O2S/c1-3-9-4-6-15(7-5-9)18(16,17)11-10(12)13-8-14(11)2/h8-9H,3-7,12H2,1-2H3. The maximum Gasteiger partial charge on any atom is 0.262 e. The largest absolute Gasteiger partial charge is 0.381 e. The number of piperidine rings is 1. The van der Waals surface area contributed by atoms with Gasteiger partial charge in [-0.25, -0.2) is 13.4 Å². The van der Waals surface area contributed by atoms with Gasteiger partial charge in [0.05, 0.1) is 6.33 Å². The number of sulfonamides is 1. The van der Waals surface area contributed by atoms with Gasteiger partial charge in [0.1, 0.15) is 0 Å². The lowest BCUT2D eigenvalue weighted by Gasteiger charge is -2.30. The molecule has 2 N–H and O–H groups in total. The second-order valence-electron chi connectivity index (χ2n) is 4.80. The molecule has 0 spiro atoms. The molecule has 1 aliphatic rings. The van der Waals surface area contributed by atoms with Gasteiger partial charge in [-0.15, -0.1) is 0 Å². The lowest BCUT2D eigenvalue weighted by molar-refractivity contribution is 0.268. The normalized spacial score (nSPS) is 19.2. The van der Waals surface area contributed by atoms with E-state index < -0.39 is 10.0 Å².